The van der Waals surface area contributed by atoms with Gasteiger partial charge in [0.25, 0.3) is 0 Å². The molecule has 0 bridgehead atoms. The van der Waals surface area contributed by atoms with Gasteiger partial charge >= 0.3 is 0 Å². The van der Waals surface area contributed by atoms with Crippen LogP contribution in [0.5, 0.6) is 0 Å². The van der Waals surface area contributed by atoms with E-state index in [1.807, 2.05) is 6.20 Å². The Morgan fingerprint density at radius 2 is 1.94 bits per heavy atom. The highest BCUT2D eigenvalue weighted by molar-refractivity contribution is 5.17. The molecule has 0 unspecified atom stereocenters. The van der Waals surface area contributed by atoms with E-state index in [-0.39, 0.29) is 0 Å². The highest BCUT2D eigenvalue weighted by atomic mass is 14.9. The predicted molar refractivity (Wildman–Crippen MR) is 74.9 cm³/mol. The van der Waals surface area contributed by atoms with Gasteiger partial charge in [0.2, 0.25) is 0 Å². The predicted octanol–water partition coefficient (Wildman–Crippen LogP) is 2.31. The van der Waals surface area contributed by atoms with E-state index in [2.05, 4.69) is 50.1 Å². The molecule has 0 radical (unpaired) electrons. The normalized spacial score (nSPS) is 20.9. The molecule has 100 valence electrons. The summed E-state index contributed by atoms with van der Waals surface area (Å²) in [6, 6.07) is 4.13. The van der Waals surface area contributed by atoms with Crippen LogP contribution in [0.25, 0.3) is 0 Å². The van der Waals surface area contributed by atoms with Gasteiger partial charge in [-0.2, -0.15) is 0 Å². The van der Waals surface area contributed by atoms with Crippen molar-refractivity contribution in [3.8, 4) is 0 Å². The average molecular weight is 247 g/mol. The maximum absolute atomic E-state index is 5.59. The molecule has 1 aliphatic carbocycles. The summed E-state index contributed by atoms with van der Waals surface area (Å²) in [5.74, 6) is 0.765. The van der Waals surface area contributed by atoms with Crippen molar-refractivity contribution in [3.05, 3.63) is 29.6 Å². The van der Waals surface area contributed by atoms with Crippen LogP contribution in [0, 0.1) is 16.7 Å². The Labute approximate surface area is 110 Å². The topological polar surface area (TPSA) is 50.9 Å². The maximum atomic E-state index is 5.59. The van der Waals surface area contributed by atoms with Crippen LogP contribution in [0.3, 0.4) is 0 Å². The summed E-state index contributed by atoms with van der Waals surface area (Å²) in [5, 5.41) is 3.56. The molecule has 3 nitrogen and oxygen atoms in total. The van der Waals surface area contributed by atoms with Crippen molar-refractivity contribution in [2.75, 3.05) is 6.54 Å². The molecule has 0 spiro atoms. The van der Waals surface area contributed by atoms with Crippen molar-refractivity contribution in [2.45, 2.75) is 40.8 Å². The zero-order valence-corrected chi connectivity index (χ0v) is 12.0. The number of hydrogen-bond acceptors (Lipinski definition) is 3. The van der Waals surface area contributed by atoms with Gasteiger partial charge in [0.05, 0.1) is 5.69 Å². The smallest absolute Gasteiger partial charge is 0.0542 e. The van der Waals surface area contributed by atoms with E-state index in [0.717, 1.165) is 24.7 Å². The lowest BCUT2D eigenvalue weighted by molar-refractivity contribution is 0.457. The van der Waals surface area contributed by atoms with Crippen molar-refractivity contribution in [2.24, 2.45) is 22.5 Å². The summed E-state index contributed by atoms with van der Waals surface area (Å²) >= 11 is 0. The number of rotatable bonds is 5. The number of hydrogen-bond donors (Lipinski definition) is 2. The summed E-state index contributed by atoms with van der Waals surface area (Å²) in [5.41, 5.74) is 8.74. The zero-order valence-electron chi connectivity index (χ0n) is 12.0. The van der Waals surface area contributed by atoms with Crippen LogP contribution in [0.2, 0.25) is 0 Å². The Bertz CT molecular complexity index is 410. The van der Waals surface area contributed by atoms with E-state index in [1.165, 1.54) is 5.56 Å². The van der Waals surface area contributed by atoms with Crippen LogP contribution in [-0.4, -0.2) is 11.5 Å². The first-order valence-electron chi connectivity index (χ1n) is 6.74. The van der Waals surface area contributed by atoms with Crippen LogP contribution in [0.1, 0.15) is 39.0 Å². The third-order valence-electron chi connectivity index (χ3n) is 5.09. The minimum absolute atomic E-state index is 0.459. The first kappa shape index (κ1) is 13.5. The van der Waals surface area contributed by atoms with Gasteiger partial charge in [0, 0.05) is 19.3 Å². The van der Waals surface area contributed by atoms with E-state index in [4.69, 9.17) is 5.73 Å². The lowest BCUT2D eigenvalue weighted by atomic mass is 10.0. The van der Waals surface area contributed by atoms with Gasteiger partial charge in [0.1, 0.15) is 0 Å². The Kier molecular flexibility index (Phi) is 3.47. The third-order valence-corrected chi connectivity index (χ3v) is 5.09. The molecule has 2 rings (SSSR count). The van der Waals surface area contributed by atoms with Crippen LogP contribution in [0.4, 0.5) is 0 Å². The summed E-state index contributed by atoms with van der Waals surface area (Å²) in [4.78, 5) is 4.21. The average Bonchev–Trinajstić information content (AvgIpc) is 2.72. The molecule has 1 heterocycles. The second-order valence-electron chi connectivity index (χ2n) is 6.49. The summed E-state index contributed by atoms with van der Waals surface area (Å²) in [7, 11) is 0. The second-order valence-corrected chi connectivity index (χ2v) is 6.49. The number of nitrogens with one attached hydrogen (secondary N) is 1. The van der Waals surface area contributed by atoms with Crippen molar-refractivity contribution in [3.63, 3.8) is 0 Å². The van der Waals surface area contributed by atoms with Gasteiger partial charge < -0.3 is 11.1 Å². The molecule has 0 atom stereocenters. The Hall–Kier alpha value is -0.930. The molecule has 0 saturated heterocycles. The first-order chi connectivity index (χ1) is 8.39. The Morgan fingerprint density at radius 3 is 2.50 bits per heavy atom. The number of nitrogens with two attached hydrogens (primary N) is 1. The van der Waals surface area contributed by atoms with Crippen LogP contribution in [0.15, 0.2) is 18.3 Å². The minimum Gasteiger partial charge on any atom is -0.325 e. The molecule has 0 amide bonds. The van der Waals surface area contributed by atoms with Crippen molar-refractivity contribution in [1.82, 2.24) is 10.3 Å². The Balaban J connectivity index is 1.83. The summed E-state index contributed by atoms with van der Waals surface area (Å²) in [6.07, 6.45) is 1.84. The van der Waals surface area contributed by atoms with Gasteiger partial charge in [-0.15, -0.1) is 0 Å². The van der Waals surface area contributed by atoms with Crippen molar-refractivity contribution >= 4 is 0 Å². The number of pyridine rings is 1. The molecule has 1 fully saturated rings. The quantitative estimate of drug-likeness (QED) is 0.839. The molecule has 0 aromatic carbocycles. The fourth-order valence-corrected chi connectivity index (χ4v) is 2.95. The highest BCUT2D eigenvalue weighted by Gasteiger charge is 2.63. The largest absolute Gasteiger partial charge is 0.325 e. The van der Waals surface area contributed by atoms with E-state index in [9.17, 15) is 0 Å². The molecule has 3 N–H and O–H groups in total. The monoisotopic (exact) mass is 247 g/mol. The molecule has 3 heteroatoms. The van der Waals surface area contributed by atoms with Gasteiger partial charge in [0.15, 0.2) is 0 Å². The summed E-state index contributed by atoms with van der Waals surface area (Å²) in [6.45, 7) is 11.9. The van der Waals surface area contributed by atoms with E-state index in [1.54, 1.807) is 0 Å². The van der Waals surface area contributed by atoms with Crippen molar-refractivity contribution < 1.29 is 0 Å². The number of nitrogens with zero attached hydrogens (tertiary/aromatic N) is 1. The van der Waals surface area contributed by atoms with Gasteiger partial charge in [-0.3, -0.25) is 4.98 Å². The molecule has 0 aliphatic heterocycles. The molecule has 1 aromatic heterocycles. The van der Waals surface area contributed by atoms with E-state index >= 15 is 0 Å². The zero-order chi connectivity index (χ0) is 13.4. The van der Waals surface area contributed by atoms with E-state index in [0.29, 0.717) is 17.4 Å². The van der Waals surface area contributed by atoms with Crippen LogP contribution in [-0.2, 0) is 13.1 Å². The molecule has 1 aliphatic rings. The standard InChI is InChI=1S/C15H25N3/c1-14(2)13(15(14,3)4)10-17-9-11-5-6-18-12(7-11)8-16/h5-7,13,17H,8-10,16H2,1-4H3. The summed E-state index contributed by atoms with van der Waals surface area (Å²) < 4.78 is 0. The molecular formula is C15H25N3. The lowest BCUT2D eigenvalue weighted by Gasteiger charge is -2.07. The lowest BCUT2D eigenvalue weighted by Crippen LogP contribution is -2.19. The minimum atomic E-state index is 0.459. The molecule has 1 aromatic rings. The number of aromatic nitrogens is 1. The maximum Gasteiger partial charge on any atom is 0.0542 e. The third kappa shape index (κ3) is 2.29. The van der Waals surface area contributed by atoms with Crippen molar-refractivity contribution in [1.29, 1.82) is 0 Å². The molecular weight excluding hydrogens is 222 g/mol. The van der Waals surface area contributed by atoms with Crippen LogP contribution >= 0.6 is 0 Å². The van der Waals surface area contributed by atoms with Gasteiger partial charge in [-0.05, 0) is 41.0 Å². The van der Waals surface area contributed by atoms with Gasteiger partial charge in [-0.1, -0.05) is 27.7 Å². The fraction of sp³-hybridized carbons (Fsp3) is 0.667. The van der Waals surface area contributed by atoms with Gasteiger partial charge in [-0.25, -0.2) is 0 Å². The SMILES string of the molecule is CC1(C)C(CNCc2ccnc(CN)c2)C1(C)C. The second kappa shape index (κ2) is 4.63. The van der Waals surface area contributed by atoms with Crippen LogP contribution < -0.4 is 11.1 Å². The van der Waals surface area contributed by atoms with E-state index < -0.39 is 0 Å². The Morgan fingerprint density at radius 1 is 1.28 bits per heavy atom. The molecule has 1 saturated carbocycles. The molecule has 18 heavy (non-hydrogen) atoms. The first-order valence-corrected chi connectivity index (χ1v) is 6.74. The highest BCUT2D eigenvalue weighted by Crippen LogP contribution is 2.67. The fourth-order valence-electron chi connectivity index (χ4n) is 2.95.